The number of carbonyl (C=O) groups is 4. The molecule has 0 aromatic rings. The molecule has 1 aliphatic rings. The standard InChI is InChI=1S/C15H21NO4/c17-12-4-1-2-11-16-15(20)10-9-14(19)6-3-5-13(18)8-7-12/h1,4H,2-3,5-11H2,(H,16,20)/b4-1-. The van der Waals surface area contributed by atoms with Gasteiger partial charge >= 0.3 is 0 Å². The van der Waals surface area contributed by atoms with Crippen LogP contribution in [0.15, 0.2) is 12.2 Å². The van der Waals surface area contributed by atoms with Gasteiger partial charge in [-0.25, -0.2) is 0 Å². The maximum Gasteiger partial charge on any atom is 0.220 e. The highest BCUT2D eigenvalue weighted by atomic mass is 16.2. The van der Waals surface area contributed by atoms with Crippen LogP contribution < -0.4 is 5.32 Å². The van der Waals surface area contributed by atoms with Gasteiger partial charge in [0.25, 0.3) is 0 Å². The van der Waals surface area contributed by atoms with Gasteiger partial charge in [0.2, 0.25) is 5.91 Å². The van der Waals surface area contributed by atoms with Crippen molar-refractivity contribution < 1.29 is 19.2 Å². The Balaban J connectivity index is 2.50. The molecule has 0 aromatic carbocycles. The fourth-order valence-electron chi connectivity index (χ4n) is 1.93. The molecule has 0 aromatic heterocycles. The van der Waals surface area contributed by atoms with E-state index < -0.39 is 0 Å². The van der Waals surface area contributed by atoms with Crippen molar-refractivity contribution in [2.24, 2.45) is 0 Å². The van der Waals surface area contributed by atoms with E-state index in [0.29, 0.717) is 32.2 Å². The number of ketones is 3. The lowest BCUT2D eigenvalue weighted by atomic mass is 10.0. The molecule has 1 amide bonds. The number of nitrogens with one attached hydrogen (secondary N) is 1. The molecule has 1 N–H and O–H groups in total. The van der Waals surface area contributed by atoms with Gasteiger partial charge in [0.1, 0.15) is 11.6 Å². The van der Waals surface area contributed by atoms with E-state index in [1.165, 1.54) is 6.08 Å². The van der Waals surface area contributed by atoms with Crippen molar-refractivity contribution in [2.75, 3.05) is 6.54 Å². The Kier molecular flexibility index (Phi) is 7.47. The molecule has 0 radical (unpaired) electrons. The summed E-state index contributed by atoms with van der Waals surface area (Å²) in [5, 5.41) is 2.70. The van der Waals surface area contributed by atoms with Gasteiger partial charge in [0, 0.05) is 45.1 Å². The molecule has 5 heteroatoms. The third kappa shape index (κ3) is 7.61. The molecule has 0 fully saturated rings. The van der Waals surface area contributed by atoms with Gasteiger partial charge in [-0.3, -0.25) is 19.2 Å². The third-order valence-electron chi connectivity index (χ3n) is 3.13. The highest BCUT2D eigenvalue weighted by Gasteiger charge is 2.09. The van der Waals surface area contributed by atoms with Gasteiger partial charge in [-0.2, -0.15) is 0 Å². The molecule has 0 saturated carbocycles. The number of Topliss-reactive ketones (excluding diaryl/α,β-unsaturated/α-hetero) is 2. The van der Waals surface area contributed by atoms with E-state index in [-0.39, 0.29) is 48.9 Å². The van der Waals surface area contributed by atoms with Crippen LogP contribution in [0.5, 0.6) is 0 Å². The van der Waals surface area contributed by atoms with E-state index in [0.717, 1.165) is 0 Å². The van der Waals surface area contributed by atoms with Crippen LogP contribution in [0.4, 0.5) is 0 Å². The van der Waals surface area contributed by atoms with Crippen LogP contribution in [-0.2, 0) is 19.2 Å². The molecular formula is C15H21NO4. The van der Waals surface area contributed by atoms with Crippen molar-refractivity contribution in [3.8, 4) is 0 Å². The first kappa shape index (κ1) is 16.3. The summed E-state index contributed by atoms with van der Waals surface area (Å²) in [7, 11) is 0. The summed E-state index contributed by atoms with van der Waals surface area (Å²) in [6.07, 6.45) is 5.77. The van der Waals surface area contributed by atoms with Gasteiger partial charge < -0.3 is 5.32 Å². The summed E-state index contributed by atoms with van der Waals surface area (Å²) >= 11 is 0. The Hall–Kier alpha value is -1.78. The fraction of sp³-hybridized carbons (Fsp3) is 0.600. The van der Waals surface area contributed by atoms with Crippen LogP contribution in [0.1, 0.15) is 51.4 Å². The highest BCUT2D eigenvalue weighted by Crippen LogP contribution is 2.06. The Morgan fingerprint density at radius 3 is 2.15 bits per heavy atom. The predicted octanol–water partition coefficient (Wildman–Crippen LogP) is 1.50. The molecule has 1 aliphatic heterocycles. The topological polar surface area (TPSA) is 80.3 Å². The second-order valence-corrected chi connectivity index (χ2v) is 4.94. The lowest BCUT2D eigenvalue weighted by molar-refractivity contribution is -0.125. The van der Waals surface area contributed by atoms with Crippen LogP contribution in [0, 0.1) is 0 Å². The molecular weight excluding hydrogens is 258 g/mol. The maximum atomic E-state index is 11.5. The lowest BCUT2D eigenvalue weighted by Crippen LogP contribution is -2.24. The van der Waals surface area contributed by atoms with E-state index in [9.17, 15) is 19.2 Å². The molecule has 110 valence electrons. The highest BCUT2D eigenvalue weighted by molar-refractivity contribution is 5.93. The largest absolute Gasteiger partial charge is 0.356 e. The van der Waals surface area contributed by atoms with Crippen molar-refractivity contribution in [3.63, 3.8) is 0 Å². The molecule has 1 rings (SSSR count). The monoisotopic (exact) mass is 279 g/mol. The zero-order valence-corrected chi connectivity index (χ0v) is 11.7. The van der Waals surface area contributed by atoms with E-state index in [1.807, 2.05) is 0 Å². The first-order chi connectivity index (χ1) is 9.58. The van der Waals surface area contributed by atoms with Crippen molar-refractivity contribution in [2.45, 2.75) is 51.4 Å². The summed E-state index contributed by atoms with van der Waals surface area (Å²) in [4.78, 5) is 45.9. The predicted molar refractivity (Wildman–Crippen MR) is 74.1 cm³/mol. The second-order valence-electron chi connectivity index (χ2n) is 4.94. The summed E-state index contributed by atoms with van der Waals surface area (Å²) in [6, 6.07) is 0. The van der Waals surface area contributed by atoms with E-state index in [1.54, 1.807) is 6.08 Å². The Morgan fingerprint density at radius 2 is 1.45 bits per heavy atom. The van der Waals surface area contributed by atoms with Crippen LogP contribution in [0.2, 0.25) is 0 Å². The summed E-state index contributed by atoms with van der Waals surface area (Å²) < 4.78 is 0. The van der Waals surface area contributed by atoms with E-state index in [4.69, 9.17) is 0 Å². The normalized spacial score (nSPS) is 22.4. The van der Waals surface area contributed by atoms with Gasteiger partial charge in [-0.05, 0) is 18.9 Å². The number of amides is 1. The van der Waals surface area contributed by atoms with Gasteiger partial charge in [-0.15, -0.1) is 0 Å². The minimum absolute atomic E-state index is 0.0102. The summed E-state index contributed by atoms with van der Waals surface area (Å²) in [6.45, 7) is 0.454. The number of allylic oxidation sites excluding steroid dienone is 1. The second kappa shape index (κ2) is 9.18. The number of carbonyl (C=O) groups excluding carboxylic acids is 4. The van der Waals surface area contributed by atoms with Crippen LogP contribution >= 0.6 is 0 Å². The van der Waals surface area contributed by atoms with Crippen molar-refractivity contribution in [1.29, 1.82) is 0 Å². The molecule has 5 nitrogen and oxygen atoms in total. The Bertz CT molecular complexity index is 412. The molecule has 0 unspecified atom stereocenters. The zero-order valence-electron chi connectivity index (χ0n) is 11.7. The number of hydrogen-bond acceptors (Lipinski definition) is 4. The van der Waals surface area contributed by atoms with Gasteiger partial charge in [0.15, 0.2) is 5.78 Å². The molecule has 1 heterocycles. The molecule has 20 heavy (non-hydrogen) atoms. The van der Waals surface area contributed by atoms with Crippen molar-refractivity contribution in [1.82, 2.24) is 5.32 Å². The average molecular weight is 279 g/mol. The average Bonchev–Trinajstić information content (AvgIpc) is 2.41. The van der Waals surface area contributed by atoms with Crippen LogP contribution in [0.3, 0.4) is 0 Å². The van der Waals surface area contributed by atoms with E-state index in [2.05, 4.69) is 5.32 Å². The molecule has 0 atom stereocenters. The third-order valence-corrected chi connectivity index (χ3v) is 3.13. The van der Waals surface area contributed by atoms with Gasteiger partial charge in [-0.1, -0.05) is 6.08 Å². The van der Waals surface area contributed by atoms with Crippen LogP contribution in [-0.4, -0.2) is 29.8 Å². The minimum Gasteiger partial charge on any atom is -0.356 e. The van der Waals surface area contributed by atoms with Crippen LogP contribution in [0.25, 0.3) is 0 Å². The first-order valence-electron chi connectivity index (χ1n) is 7.07. The van der Waals surface area contributed by atoms with Crippen molar-refractivity contribution in [3.05, 3.63) is 12.2 Å². The minimum atomic E-state index is -0.152. The van der Waals surface area contributed by atoms with Gasteiger partial charge in [0.05, 0.1) is 0 Å². The Morgan fingerprint density at radius 1 is 0.800 bits per heavy atom. The van der Waals surface area contributed by atoms with E-state index >= 15 is 0 Å². The first-order valence-corrected chi connectivity index (χ1v) is 7.07. The molecule has 0 bridgehead atoms. The van der Waals surface area contributed by atoms with Crippen molar-refractivity contribution >= 4 is 23.3 Å². The lowest BCUT2D eigenvalue weighted by Gasteiger charge is -2.04. The number of rotatable bonds is 0. The zero-order chi connectivity index (χ0) is 14.8. The maximum absolute atomic E-state index is 11.5. The summed E-state index contributed by atoms with van der Waals surface area (Å²) in [5.41, 5.74) is 0. The molecule has 0 aliphatic carbocycles. The smallest absolute Gasteiger partial charge is 0.220 e. The quantitative estimate of drug-likeness (QED) is 0.728. The SMILES string of the molecule is O=C1/C=C\CCNC(=O)CCC(=O)CCCC(=O)CC1. The Labute approximate surface area is 118 Å². The fourth-order valence-corrected chi connectivity index (χ4v) is 1.93. The number of hydrogen-bond donors (Lipinski definition) is 1. The molecule has 0 saturated heterocycles. The molecule has 0 spiro atoms. The summed E-state index contributed by atoms with van der Waals surface area (Å²) in [5.74, 6) is -0.200.